The minimum absolute atomic E-state index is 0.334. The molecule has 122 valence electrons. The predicted octanol–water partition coefficient (Wildman–Crippen LogP) is 2.66. The minimum Gasteiger partial charge on any atom is -0.369 e. The molecule has 0 bridgehead atoms. The van der Waals surface area contributed by atoms with E-state index >= 15 is 0 Å². The van der Waals surface area contributed by atoms with Crippen molar-refractivity contribution in [2.75, 3.05) is 23.3 Å². The van der Waals surface area contributed by atoms with E-state index in [0.29, 0.717) is 12.0 Å². The van der Waals surface area contributed by atoms with E-state index in [4.69, 9.17) is 0 Å². The van der Waals surface area contributed by atoms with Gasteiger partial charge in [0.1, 0.15) is 0 Å². The van der Waals surface area contributed by atoms with Crippen molar-refractivity contribution in [3.63, 3.8) is 0 Å². The van der Waals surface area contributed by atoms with Crippen LogP contribution in [0.4, 0.5) is 11.6 Å². The van der Waals surface area contributed by atoms with Gasteiger partial charge in [0.25, 0.3) is 0 Å². The SMILES string of the molecule is Cc1ccc(-n2nnnc2NC2CCN(c3ccccc3)C2)cc1. The highest BCUT2D eigenvalue weighted by atomic mass is 15.6. The van der Waals surface area contributed by atoms with Gasteiger partial charge in [-0.25, -0.2) is 0 Å². The second-order valence-corrected chi connectivity index (χ2v) is 6.16. The number of para-hydroxylation sites is 1. The molecule has 1 fully saturated rings. The first-order valence-corrected chi connectivity index (χ1v) is 8.21. The van der Waals surface area contributed by atoms with Crippen LogP contribution in [-0.2, 0) is 0 Å². The van der Waals surface area contributed by atoms with Crippen molar-refractivity contribution in [2.24, 2.45) is 0 Å². The standard InChI is InChI=1S/C18H20N6/c1-14-7-9-17(10-8-14)24-18(20-21-22-24)19-15-11-12-23(13-15)16-5-3-2-4-6-16/h2-10,15H,11-13H2,1H3,(H,19,20,22). The van der Waals surface area contributed by atoms with Crippen molar-refractivity contribution in [2.45, 2.75) is 19.4 Å². The quantitative estimate of drug-likeness (QED) is 0.801. The van der Waals surface area contributed by atoms with Crippen molar-refractivity contribution in [3.05, 3.63) is 60.2 Å². The zero-order valence-corrected chi connectivity index (χ0v) is 13.6. The molecular weight excluding hydrogens is 300 g/mol. The van der Waals surface area contributed by atoms with E-state index in [2.05, 4.69) is 69.1 Å². The van der Waals surface area contributed by atoms with Crippen LogP contribution in [0.15, 0.2) is 54.6 Å². The van der Waals surface area contributed by atoms with Crippen LogP contribution in [0.3, 0.4) is 0 Å². The molecule has 0 spiro atoms. The molecule has 1 unspecified atom stereocenters. The Balaban J connectivity index is 1.47. The average Bonchev–Trinajstić information content (AvgIpc) is 3.27. The largest absolute Gasteiger partial charge is 0.369 e. The van der Waals surface area contributed by atoms with Gasteiger partial charge < -0.3 is 10.2 Å². The molecule has 1 aliphatic heterocycles. The van der Waals surface area contributed by atoms with Crippen molar-refractivity contribution < 1.29 is 0 Å². The van der Waals surface area contributed by atoms with Crippen LogP contribution in [0, 0.1) is 6.92 Å². The van der Waals surface area contributed by atoms with Crippen LogP contribution in [0.25, 0.3) is 5.69 Å². The van der Waals surface area contributed by atoms with E-state index < -0.39 is 0 Å². The Morgan fingerprint density at radius 3 is 2.58 bits per heavy atom. The number of hydrogen-bond donors (Lipinski definition) is 1. The number of nitrogens with zero attached hydrogens (tertiary/aromatic N) is 5. The zero-order chi connectivity index (χ0) is 16.4. The van der Waals surface area contributed by atoms with E-state index in [1.807, 2.05) is 18.2 Å². The van der Waals surface area contributed by atoms with Crippen LogP contribution in [0.2, 0.25) is 0 Å². The lowest BCUT2D eigenvalue weighted by molar-refractivity contribution is 0.763. The second-order valence-electron chi connectivity index (χ2n) is 6.16. The van der Waals surface area contributed by atoms with Crippen LogP contribution in [0.5, 0.6) is 0 Å². The fourth-order valence-electron chi connectivity index (χ4n) is 3.07. The summed E-state index contributed by atoms with van der Waals surface area (Å²) in [4.78, 5) is 2.39. The summed E-state index contributed by atoms with van der Waals surface area (Å²) in [6.45, 7) is 4.05. The minimum atomic E-state index is 0.334. The van der Waals surface area contributed by atoms with Crippen molar-refractivity contribution in [1.29, 1.82) is 0 Å². The Bertz CT molecular complexity index is 796. The maximum absolute atomic E-state index is 4.15. The molecule has 0 aliphatic carbocycles. The first kappa shape index (κ1) is 14.7. The molecule has 1 aromatic heterocycles. The fraction of sp³-hybridized carbons (Fsp3) is 0.278. The number of hydrogen-bond acceptors (Lipinski definition) is 5. The Morgan fingerprint density at radius 1 is 1.00 bits per heavy atom. The molecule has 0 amide bonds. The van der Waals surface area contributed by atoms with Crippen LogP contribution in [0.1, 0.15) is 12.0 Å². The smallest absolute Gasteiger partial charge is 0.248 e. The zero-order valence-electron chi connectivity index (χ0n) is 13.6. The predicted molar refractivity (Wildman–Crippen MR) is 94.6 cm³/mol. The van der Waals surface area contributed by atoms with Gasteiger partial charge in [0, 0.05) is 24.8 Å². The van der Waals surface area contributed by atoms with E-state index in [-0.39, 0.29) is 0 Å². The summed E-state index contributed by atoms with van der Waals surface area (Å²) < 4.78 is 1.75. The molecule has 1 saturated heterocycles. The molecule has 2 heterocycles. The summed E-state index contributed by atoms with van der Waals surface area (Å²) in [6.07, 6.45) is 1.07. The number of aryl methyl sites for hydroxylation is 1. The number of nitrogens with one attached hydrogen (secondary N) is 1. The van der Waals surface area contributed by atoms with Gasteiger partial charge in [-0.05, 0) is 48.0 Å². The van der Waals surface area contributed by atoms with Crippen molar-refractivity contribution in [3.8, 4) is 5.69 Å². The topological polar surface area (TPSA) is 58.9 Å². The summed E-state index contributed by atoms with van der Waals surface area (Å²) >= 11 is 0. The molecule has 4 rings (SSSR count). The molecular formula is C18H20N6. The third-order valence-corrected chi connectivity index (χ3v) is 4.39. The number of aromatic nitrogens is 4. The van der Waals surface area contributed by atoms with Crippen molar-refractivity contribution in [1.82, 2.24) is 20.2 Å². The van der Waals surface area contributed by atoms with Gasteiger partial charge in [-0.15, -0.1) is 0 Å². The van der Waals surface area contributed by atoms with Gasteiger partial charge in [-0.2, -0.15) is 4.68 Å². The molecule has 0 saturated carbocycles. The van der Waals surface area contributed by atoms with E-state index in [1.54, 1.807) is 4.68 Å². The Labute approximate surface area is 141 Å². The Hall–Kier alpha value is -2.89. The lowest BCUT2D eigenvalue weighted by Crippen LogP contribution is -2.27. The number of rotatable bonds is 4. The van der Waals surface area contributed by atoms with Gasteiger partial charge in [-0.1, -0.05) is 41.0 Å². The highest BCUT2D eigenvalue weighted by molar-refractivity contribution is 5.48. The number of anilines is 2. The summed E-state index contributed by atoms with van der Waals surface area (Å²) in [5, 5.41) is 15.6. The van der Waals surface area contributed by atoms with Gasteiger partial charge in [0.15, 0.2) is 0 Å². The van der Waals surface area contributed by atoms with Gasteiger partial charge in [0.2, 0.25) is 5.95 Å². The summed E-state index contributed by atoms with van der Waals surface area (Å²) in [7, 11) is 0. The molecule has 1 atom stereocenters. The molecule has 24 heavy (non-hydrogen) atoms. The maximum atomic E-state index is 4.15. The monoisotopic (exact) mass is 320 g/mol. The van der Waals surface area contributed by atoms with Gasteiger partial charge in [0.05, 0.1) is 5.69 Å². The molecule has 0 radical (unpaired) electrons. The Morgan fingerprint density at radius 2 is 1.79 bits per heavy atom. The Kier molecular flexibility index (Phi) is 3.86. The normalized spacial score (nSPS) is 17.2. The fourth-order valence-corrected chi connectivity index (χ4v) is 3.07. The van der Waals surface area contributed by atoms with Crippen LogP contribution < -0.4 is 10.2 Å². The summed E-state index contributed by atoms with van der Waals surface area (Å²) in [5.41, 5.74) is 3.45. The molecule has 3 aromatic rings. The number of benzene rings is 2. The molecule has 1 aliphatic rings. The molecule has 2 aromatic carbocycles. The van der Waals surface area contributed by atoms with E-state index in [9.17, 15) is 0 Å². The maximum Gasteiger partial charge on any atom is 0.248 e. The molecule has 1 N–H and O–H groups in total. The van der Waals surface area contributed by atoms with Crippen molar-refractivity contribution >= 4 is 11.6 Å². The summed E-state index contributed by atoms with van der Waals surface area (Å²) in [5.74, 6) is 0.693. The van der Waals surface area contributed by atoms with Crippen LogP contribution >= 0.6 is 0 Å². The lowest BCUT2D eigenvalue weighted by atomic mass is 10.2. The number of tetrazole rings is 1. The first-order valence-electron chi connectivity index (χ1n) is 8.21. The summed E-state index contributed by atoms with van der Waals surface area (Å²) in [6, 6.07) is 19.0. The highest BCUT2D eigenvalue weighted by Gasteiger charge is 2.24. The van der Waals surface area contributed by atoms with Gasteiger partial charge >= 0.3 is 0 Å². The molecule has 6 heteroatoms. The first-order chi connectivity index (χ1) is 11.8. The molecule has 6 nitrogen and oxygen atoms in total. The van der Waals surface area contributed by atoms with E-state index in [0.717, 1.165) is 25.2 Å². The average molecular weight is 320 g/mol. The van der Waals surface area contributed by atoms with Crippen LogP contribution in [-0.4, -0.2) is 39.3 Å². The third-order valence-electron chi connectivity index (χ3n) is 4.39. The lowest BCUT2D eigenvalue weighted by Gasteiger charge is -2.19. The van der Waals surface area contributed by atoms with Gasteiger partial charge in [-0.3, -0.25) is 0 Å². The third kappa shape index (κ3) is 2.95. The van der Waals surface area contributed by atoms with E-state index in [1.165, 1.54) is 11.3 Å². The highest BCUT2D eigenvalue weighted by Crippen LogP contribution is 2.22. The second kappa shape index (κ2) is 6.31.